The number of anilines is 2. The van der Waals surface area contributed by atoms with Crippen LogP contribution < -0.4 is 10.6 Å². The van der Waals surface area contributed by atoms with Crippen molar-refractivity contribution in [2.75, 3.05) is 10.6 Å². The standard InChI is InChI=1S/C14H15ClN4O/c1-2-14(20)19-10-3-4-12(15)13(7-10)17-8-11-5-6-16-9-18-11/h3-7,9,17H,2,8H2,1H3,(H,19,20). The first-order valence-electron chi connectivity index (χ1n) is 6.27. The van der Waals surface area contributed by atoms with Crippen LogP contribution in [0.1, 0.15) is 19.0 Å². The number of nitrogens with zero attached hydrogens (tertiary/aromatic N) is 2. The molecular formula is C14H15ClN4O. The summed E-state index contributed by atoms with van der Waals surface area (Å²) in [5.74, 6) is -0.0333. The van der Waals surface area contributed by atoms with E-state index in [0.717, 1.165) is 11.4 Å². The smallest absolute Gasteiger partial charge is 0.224 e. The van der Waals surface area contributed by atoms with E-state index in [1.807, 2.05) is 6.07 Å². The van der Waals surface area contributed by atoms with Gasteiger partial charge in [0.15, 0.2) is 0 Å². The second-order valence-electron chi connectivity index (χ2n) is 4.15. The monoisotopic (exact) mass is 290 g/mol. The van der Waals surface area contributed by atoms with Crippen LogP contribution in [-0.2, 0) is 11.3 Å². The molecule has 1 aromatic heterocycles. The first-order valence-corrected chi connectivity index (χ1v) is 6.65. The van der Waals surface area contributed by atoms with Crippen molar-refractivity contribution in [3.8, 4) is 0 Å². The van der Waals surface area contributed by atoms with Crippen LogP contribution in [0.2, 0.25) is 5.02 Å². The fraction of sp³-hybridized carbons (Fsp3) is 0.214. The molecular weight excluding hydrogens is 276 g/mol. The van der Waals surface area contributed by atoms with E-state index in [9.17, 15) is 4.79 Å². The normalized spacial score (nSPS) is 10.1. The highest BCUT2D eigenvalue weighted by molar-refractivity contribution is 6.33. The molecule has 0 unspecified atom stereocenters. The zero-order chi connectivity index (χ0) is 14.4. The van der Waals surface area contributed by atoms with E-state index in [4.69, 9.17) is 11.6 Å². The van der Waals surface area contributed by atoms with Crippen molar-refractivity contribution < 1.29 is 4.79 Å². The lowest BCUT2D eigenvalue weighted by atomic mass is 10.2. The maximum atomic E-state index is 11.4. The zero-order valence-electron chi connectivity index (χ0n) is 11.1. The molecule has 2 N–H and O–H groups in total. The van der Waals surface area contributed by atoms with Gasteiger partial charge in [0.2, 0.25) is 5.91 Å². The number of benzene rings is 1. The third-order valence-corrected chi connectivity index (χ3v) is 3.00. The van der Waals surface area contributed by atoms with E-state index >= 15 is 0 Å². The molecule has 0 atom stereocenters. The van der Waals surface area contributed by atoms with Gasteiger partial charge in [-0.15, -0.1) is 0 Å². The molecule has 0 saturated heterocycles. The third kappa shape index (κ3) is 3.93. The first kappa shape index (κ1) is 14.3. The number of hydrogen-bond acceptors (Lipinski definition) is 4. The van der Waals surface area contributed by atoms with Crippen molar-refractivity contribution in [1.82, 2.24) is 9.97 Å². The predicted molar refractivity (Wildman–Crippen MR) is 79.7 cm³/mol. The summed E-state index contributed by atoms with van der Waals surface area (Å²) in [6.45, 7) is 2.34. The maximum absolute atomic E-state index is 11.4. The Labute approximate surface area is 122 Å². The fourth-order valence-corrected chi connectivity index (χ4v) is 1.78. The van der Waals surface area contributed by atoms with Crippen LogP contribution in [0.4, 0.5) is 11.4 Å². The van der Waals surface area contributed by atoms with Crippen molar-refractivity contribution in [3.05, 3.63) is 47.5 Å². The van der Waals surface area contributed by atoms with E-state index in [-0.39, 0.29) is 5.91 Å². The molecule has 5 nitrogen and oxygen atoms in total. The van der Waals surface area contributed by atoms with Gasteiger partial charge in [-0.1, -0.05) is 18.5 Å². The van der Waals surface area contributed by atoms with Crippen LogP contribution in [-0.4, -0.2) is 15.9 Å². The molecule has 0 fully saturated rings. The number of nitrogens with one attached hydrogen (secondary N) is 2. The summed E-state index contributed by atoms with van der Waals surface area (Å²) in [7, 11) is 0. The van der Waals surface area contributed by atoms with Gasteiger partial charge in [0.1, 0.15) is 6.33 Å². The topological polar surface area (TPSA) is 66.9 Å². The molecule has 0 spiro atoms. The summed E-state index contributed by atoms with van der Waals surface area (Å²) in [5, 5.41) is 6.57. The predicted octanol–water partition coefficient (Wildman–Crippen LogP) is 3.09. The minimum atomic E-state index is -0.0333. The summed E-state index contributed by atoms with van der Waals surface area (Å²) in [5.41, 5.74) is 2.32. The van der Waals surface area contributed by atoms with Gasteiger partial charge in [-0.3, -0.25) is 4.79 Å². The quantitative estimate of drug-likeness (QED) is 0.888. The molecule has 1 aromatic carbocycles. The number of rotatable bonds is 5. The largest absolute Gasteiger partial charge is 0.378 e. The highest BCUT2D eigenvalue weighted by Gasteiger charge is 2.04. The first-order chi connectivity index (χ1) is 9.69. The highest BCUT2D eigenvalue weighted by Crippen LogP contribution is 2.26. The fourth-order valence-electron chi connectivity index (χ4n) is 1.60. The summed E-state index contributed by atoms with van der Waals surface area (Å²) < 4.78 is 0. The van der Waals surface area contributed by atoms with Crippen LogP contribution in [0.3, 0.4) is 0 Å². The molecule has 104 valence electrons. The molecule has 1 amide bonds. The van der Waals surface area contributed by atoms with Crippen LogP contribution in [0.15, 0.2) is 36.8 Å². The molecule has 0 aliphatic carbocycles. The van der Waals surface area contributed by atoms with E-state index in [1.165, 1.54) is 6.33 Å². The number of carbonyl (C=O) groups excluding carboxylic acids is 1. The van der Waals surface area contributed by atoms with Gasteiger partial charge in [0.25, 0.3) is 0 Å². The number of aromatic nitrogens is 2. The summed E-state index contributed by atoms with van der Waals surface area (Å²) in [4.78, 5) is 19.4. The molecule has 2 rings (SSSR count). The second kappa shape index (κ2) is 6.86. The van der Waals surface area contributed by atoms with E-state index in [2.05, 4.69) is 20.6 Å². The minimum absolute atomic E-state index is 0.0333. The molecule has 20 heavy (non-hydrogen) atoms. The van der Waals surface area contributed by atoms with Crippen molar-refractivity contribution in [3.63, 3.8) is 0 Å². The van der Waals surface area contributed by atoms with Crippen molar-refractivity contribution in [2.24, 2.45) is 0 Å². The second-order valence-corrected chi connectivity index (χ2v) is 4.56. The third-order valence-electron chi connectivity index (χ3n) is 2.67. The Morgan fingerprint density at radius 1 is 1.35 bits per heavy atom. The average Bonchev–Trinajstić information content (AvgIpc) is 2.48. The van der Waals surface area contributed by atoms with E-state index in [1.54, 1.807) is 31.3 Å². The lowest BCUT2D eigenvalue weighted by Crippen LogP contribution is -2.10. The Morgan fingerprint density at radius 2 is 2.20 bits per heavy atom. The summed E-state index contributed by atoms with van der Waals surface area (Å²) >= 11 is 6.12. The van der Waals surface area contributed by atoms with E-state index in [0.29, 0.717) is 23.7 Å². The SMILES string of the molecule is CCC(=O)Nc1ccc(Cl)c(NCc2ccncn2)c1. The van der Waals surface area contributed by atoms with Gasteiger partial charge in [-0.2, -0.15) is 0 Å². The number of carbonyl (C=O) groups is 1. The summed E-state index contributed by atoms with van der Waals surface area (Å²) in [6.07, 6.45) is 3.62. The Kier molecular flexibility index (Phi) is 4.90. The van der Waals surface area contributed by atoms with Gasteiger partial charge >= 0.3 is 0 Å². The van der Waals surface area contributed by atoms with Crippen LogP contribution in [0.25, 0.3) is 0 Å². The average molecular weight is 291 g/mol. The molecule has 1 heterocycles. The Balaban J connectivity index is 2.06. The Hall–Kier alpha value is -2.14. The van der Waals surface area contributed by atoms with Gasteiger partial charge in [-0.25, -0.2) is 9.97 Å². The van der Waals surface area contributed by atoms with Gasteiger partial charge < -0.3 is 10.6 Å². The molecule has 0 aliphatic rings. The Bertz CT molecular complexity index is 589. The molecule has 0 bridgehead atoms. The minimum Gasteiger partial charge on any atom is -0.378 e. The van der Waals surface area contributed by atoms with Crippen LogP contribution >= 0.6 is 11.6 Å². The maximum Gasteiger partial charge on any atom is 0.224 e. The molecule has 0 radical (unpaired) electrons. The number of halogens is 1. The molecule has 0 saturated carbocycles. The van der Waals surface area contributed by atoms with Gasteiger partial charge in [-0.05, 0) is 24.3 Å². The number of hydrogen-bond donors (Lipinski definition) is 2. The molecule has 6 heteroatoms. The summed E-state index contributed by atoms with van der Waals surface area (Å²) in [6, 6.07) is 7.14. The zero-order valence-corrected chi connectivity index (χ0v) is 11.8. The molecule has 0 aliphatic heterocycles. The lowest BCUT2D eigenvalue weighted by molar-refractivity contribution is -0.115. The van der Waals surface area contributed by atoms with Crippen LogP contribution in [0.5, 0.6) is 0 Å². The Morgan fingerprint density at radius 3 is 2.90 bits per heavy atom. The highest BCUT2D eigenvalue weighted by atomic mass is 35.5. The van der Waals surface area contributed by atoms with Gasteiger partial charge in [0.05, 0.1) is 22.9 Å². The van der Waals surface area contributed by atoms with Crippen molar-refractivity contribution >= 4 is 28.9 Å². The van der Waals surface area contributed by atoms with Crippen molar-refractivity contribution in [2.45, 2.75) is 19.9 Å². The van der Waals surface area contributed by atoms with Crippen molar-refractivity contribution in [1.29, 1.82) is 0 Å². The van der Waals surface area contributed by atoms with E-state index < -0.39 is 0 Å². The number of amides is 1. The van der Waals surface area contributed by atoms with Crippen LogP contribution in [0, 0.1) is 0 Å². The molecule has 2 aromatic rings. The van der Waals surface area contributed by atoms with Gasteiger partial charge in [0, 0.05) is 18.3 Å². The lowest BCUT2D eigenvalue weighted by Gasteiger charge is -2.10.